The Bertz CT molecular complexity index is 607. The summed E-state index contributed by atoms with van der Waals surface area (Å²) in [4.78, 5) is 12.2. The van der Waals surface area contributed by atoms with Crippen LogP contribution in [0.2, 0.25) is 0 Å². The van der Waals surface area contributed by atoms with E-state index in [2.05, 4.69) is 5.32 Å². The molecule has 7 heteroatoms. The molecule has 0 saturated carbocycles. The molecule has 0 fully saturated rings. The van der Waals surface area contributed by atoms with Gasteiger partial charge in [0.15, 0.2) is 0 Å². The topological polar surface area (TPSA) is 92.5 Å². The number of carbonyl (C=O) groups is 1. The molecule has 1 unspecified atom stereocenters. The molecule has 1 amide bonds. The Balaban J connectivity index is 2.72. The lowest BCUT2D eigenvalue weighted by Crippen LogP contribution is -2.51. The van der Waals surface area contributed by atoms with Gasteiger partial charge >= 0.3 is 0 Å². The van der Waals surface area contributed by atoms with Gasteiger partial charge in [-0.3, -0.25) is 4.79 Å². The molecule has 0 aliphatic heterocycles. The number of benzene rings is 1. The number of carbonyl (C=O) groups excluding carboxylic acids is 1. The van der Waals surface area contributed by atoms with Crippen LogP contribution < -0.4 is 11.1 Å². The van der Waals surface area contributed by atoms with Crippen molar-refractivity contribution in [1.29, 1.82) is 0 Å². The Labute approximate surface area is 132 Å². The monoisotopic (exact) mass is 327 g/mol. The van der Waals surface area contributed by atoms with Gasteiger partial charge in [0.1, 0.15) is 0 Å². The molecular weight excluding hydrogens is 302 g/mol. The fourth-order valence-corrected chi connectivity index (χ4v) is 2.91. The van der Waals surface area contributed by atoms with Crippen LogP contribution in [0.5, 0.6) is 0 Å². The van der Waals surface area contributed by atoms with E-state index in [1.54, 1.807) is 19.1 Å². The van der Waals surface area contributed by atoms with Gasteiger partial charge in [-0.05, 0) is 31.0 Å². The van der Waals surface area contributed by atoms with E-state index in [4.69, 9.17) is 5.73 Å². The standard InChI is InChI=1S/C15H25N3O3S/c1-5-10-15(2,16)14(19)17-11-12-6-8-13(9-7-12)22(20,21)18(3)4/h6-9H,5,10-11,16H2,1-4H3,(H,17,19). The second-order valence-corrected chi connectivity index (χ2v) is 7.93. The Morgan fingerprint density at radius 2 is 1.82 bits per heavy atom. The summed E-state index contributed by atoms with van der Waals surface area (Å²) in [5.74, 6) is -0.209. The van der Waals surface area contributed by atoms with Gasteiger partial charge in [-0.15, -0.1) is 0 Å². The summed E-state index contributed by atoms with van der Waals surface area (Å²) in [6.07, 6.45) is 1.44. The SMILES string of the molecule is CCCC(C)(N)C(=O)NCc1ccc(S(=O)(=O)N(C)C)cc1. The summed E-state index contributed by atoms with van der Waals surface area (Å²) in [7, 11) is -0.459. The number of nitrogens with two attached hydrogens (primary N) is 1. The quantitative estimate of drug-likeness (QED) is 0.783. The predicted molar refractivity (Wildman–Crippen MR) is 86.7 cm³/mol. The second-order valence-electron chi connectivity index (χ2n) is 5.78. The molecule has 0 bridgehead atoms. The minimum absolute atomic E-state index is 0.209. The summed E-state index contributed by atoms with van der Waals surface area (Å²) >= 11 is 0. The maximum absolute atomic E-state index is 12.0. The largest absolute Gasteiger partial charge is 0.350 e. The lowest BCUT2D eigenvalue weighted by Gasteiger charge is -2.22. The normalized spacial score (nSPS) is 14.6. The Morgan fingerprint density at radius 1 is 1.27 bits per heavy atom. The summed E-state index contributed by atoms with van der Waals surface area (Å²) in [5, 5.41) is 2.78. The molecule has 0 aliphatic carbocycles. The van der Waals surface area contributed by atoms with E-state index < -0.39 is 15.6 Å². The van der Waals surface area contributed by atoms with E-state index in [0.29, 0.717) is 13.0 Å². The van der Waals surface area contributed by atoms with Gasteiger partial charge < -0.3 is 11.1 Å². The maximum atomic E-state index is 12.0. The molecule has 1 aromatic carbocycles. The van der Waals surface area contributed by atoms with Crippen LogP contribution in [0.4, 0.5) is 0 Å². The summed E-state index contributed by atoms with van der Waals surface area (Å²) in [6, 6.07) is 6.43. The van der Waals surface area contributed by atoms with E-state index in [-0.39, 0.29) is 10.8 Å². The number of hydrogen-bond acceptors (Lipinski definition) is 4. The van der Waals surface area contributed by atoms with Crippen LogP contribution in [-0.4, -0.2) is 38.3 Å². The molecule has 0 aliphatic rings. The van der Waals surface area contributed by atoms with Gasteiger partial charge in [0, 0.05) is 20.6 Å². The molecule has 1 atom stereocenters. The fraction of sp³-hybridized carbons (Fsp3) is 0.533. The average Bonchev–Trinajstić information content (AvgIpc) is 2.44. The van der Waals surface area contributed by atoms with Crippen LogP contribution in [-0.2, 0) is 21.4 Å². The lowest BCUT2D eigenvalue weighted by atomic mass is 9.96. The molecule has 22 heavy (non-hydrogen) atoms. The molecular formula is C15H25N3O3S. The third-order valence-corrected chi connectivity index (χ3v) is 5.27. The van der Waals surface area contributed by atoms with E-state index in [1.165, 1.54) is 26.2 Å². The van der Waals surface area contributed by atoms with E-state index >= 15 is 0 Å². The van der Waals surface area contributed by atoms with Crippen molar-refractivity contribution in [2.75, 3.05) is 14.1 Å². The molecule has 1 aromatic rings. The van der Waals surface area contributed by atoms with Crippen LogP contribution >= 0.6 is 0 Å². The minimum atomic E-state index is -3.43. The van der Waals surface area contributed by atoms with Crippen molar-refractivity contribution >= 4 is 15.9 Å². The second kappa shape index (κ2) is 7.21. The molecule has 0 aromatic heterocycles. The number of rotatable bonds is 7. The van der Waals surface area contributed by atoms with Crippen molar-refractivity contribution in [3.63, 3.8) is 0 Å². The first-order chi connectivity index (χ1) is 10.1. The zero-order valence-corrected chi connectivity index (χ0v) is 14.4. The van der Waals surface area contributed by atoms with Crippen LogP contribution in [0.3, 0.4) is 0 Å². The summed E-state index contributed by atoms with van der Waals surface area (Å²) in [5.41, 5.74) is 5.88. The highest BCUT2D eigenvalue weighted by atomic mass is 32.2. The van der Waals surface area contributed by atoms with E-state index in [0.717, 1.165) is 16.3 Å². The number of amides is 1. The first kappa shape index (κ1) is 18.6. The van der Waals surface area contributed by atoms with Crippen LogP contribution in [0, 0.1) is 0 Å². The van der Waals surface area contributed by atoms with Crippen molar-refractivity contribution in [1.82, 2.24) is 9.62 Å². The van der Waals surface area contributed by atoms with Crippen molar-refractivity contribution in [2.24, 2.45) is 5.73 Å². The number of nitrogens with one attached hydrogen (secondary N) is 1. The zero-order chi connectivity index (χ0) is 17.0. The Hall–Kier alpha value is -1.44. The number of sulfonamides is 1. The number of nitrogens with zero attached hydrogens (tertiary/aromatic N) is 1. The molecule has 0 heterocycles. The Kier molecular flexibility index (Phi) is 6.10. The van der Waals surface area contributed by atoms with Gasteiger partial charge in [-0.25, -0.2) is 12.7 Å². The third-order valence-electron chi connectivity index (χ3n) is 3.44. The smallest absolute Gasteiger partial charge is 0.242 e. The highest BCUT2D eigenvalue weighted by molar-refractivity contribution is 7.89. The minimum Gasteiger partial charge on any atom is -0.350 e. The third kappa shape index (κ3) is 4.53. The highest BCUT2D eigenvalue weighted by Gasteiger charge is 2.26. The highest BCUT2D eigenvalue weighted by Crippen LogP contribution is 2.14. The zero-order valence-electron chi connectivity index (χ0n) is 13.6. The average molecular weight is 327 g/mol. The first-order valence-electron chi connectivity index (χ1n) is 7.20. The Morgan fingerprint density at radius 3 is 2.27 bits per heavy atom. The fourth-order valence-electron chi connectivity index (χ4n) is 2.01. The van der Waals surface area contributed by atoms with Crippen molar-refractivity contribution < 1.29 is 13.2 Å². The van der Waals surface area contributed by atoms with Crippen LogP contribution in [0.1, 0.15) is 32.3 Å². The number of hydrogen-bond donors (Lipinski definition) is 2. The van der Waals surface area contributed by atoms with Crippen LogP contribution in [0.15, 0.2) is 29.2 Å². The van der Waals surface area contributed by atoms with Gasteiger partial charge in [0.05, 0.1) is 10.4 Å². The van der Waals surface area contributed by atoms with E-state index in [9.17, 15) is 13.2 Å². The van der Waals surface area contributed by atoms with Gasteiger partial charge in [0.2, 0.25) is 15.9 Å². The summed E-state index contributed by atoms with van der Waals surface area (Å²) < 4.78 is 25.1. The first-order valence-corrected chi connectivity index (χ1v) is 8.64. The van der Waals surface area contributed by atoms with E-state index in [1.807, 2.05) is 6.92 Å². The molecule has 0 spiro atoms. The van der Waals surface area contributed by atoms with Gasteiger partial charge in [0.25, 0.3) is 0 Å². The molecule has 1 rings (SSSR count). The van der Waals surface area contributed by atoms with Crippen molar-refractivity contribution in [2.45, 2.75) is 43.7 Å². The molecule has 0 radical (unpaired) electrons. The van der Waals surface area contributed by atoms with Crippen LogP contribution in [0.25, 0.3) is 0 Å². The lowest BCUT2D eigenvalue weighted by molar-refractivity contribution is -0.126. The van der Waals surface area contributed by atoms with Gasteiger partial charge in [-0.1, -0.05) is 25.5 Å². The van der Waals surface area contributed by atoms with Crippen molar-refractivity contribution in [3.8, 4) is 0 Å². The maximum Gasteiger partial charge on any atom is 0.242 e. The molecule has 124 valence electrons. The molecule has 6 nitrogen and oxygen atoms in total. The predicted octanol–water partition coefficient (Wildman–Crippen LogP) is 1.07. The summed E-state index contributed by atoms with van der Waals surface area (Å²) in [6.45, 7) is 4.00. The molecule has 0 saturated heterocycles. The van der Waals surface area contributed by atoms with Crippen molar-refractivity contribution in [3.05, 3.63) is 29.8 Å². The molecule has 3 N–H and O–H groups in total. The van der Waals surface area contributed by atoms with Gasteiger partial charge in [-0.2, -0.15) is 0 Å².